The quantitative estimate of drug-likeness (QED) is 0.544. The van der Waals surface area contributed by atoms with Crippen LogP contribution in [0.5, 0.6) is 0 Å². The lowest BCUT2D eigenvalue weighted by atomic mass is 9.84. The Kier molecular flexibility index (Phi) is 8.39. The topological polar surface area (TPSA) is 67.9 Å². The lowest BCUT2D eigenvalue weighted by Gasteiger charge is -2.39. The molecule has 2 fully saturated rings. The van der Waals surface area contributed by atoms with Gasteiger partial charge in [0.25, 0.3) is 0 Å². The number of esters is 1. The summed E-state index contributed by atoms with van der Waals surface area (Å²) >= 11 is 0. The Labute approximate surface area is 164 Å². The van der Waals surface area contributed by atoms with Crippen molar-refractivity contribution in [1.29, 1.82) is 0 Å². The van der Waals surface area contributed by atoms with E-state index in [-0.39, 0.29) is 24.0 Å². The van der Waals surface area contributed by atoms with Crippen LogP contribution in [0.1, 0.15) is 85.5 Å². The highest BCUT2D eigenvalue weighted by molar-refractivity contribution is 5.72. The van der Waals surface area contributed by atoms with Gasteiger partial charge in [-0.2, -0.15) is 0 Å². The first-order valence-corrected chi connectivity index (χ1v) is 10.7. The van der Waals surface area contributed by atoms with Gasteiger partial charge in [0.1, 0.15) is 5.60 Å². The SMILES string of the molecule is CCOC(=O)C1CCC(N(CC2CCCCC2)NC(=O)OC(C)(C)C)CC1. The Morgan fingerprint density at radius 1 is 1.00 bits per heavy atom. The highest BCUT2D eigenvalue weighted by Gasteiger charge is 2.33. The Balaban J connectivity index is 1.94. The van der Waals surface area contributed by atoms with Crippen LogP contribution in [-0.2, 0) is 14.3 Å². The van der Waals surface area contributed by atoms with Crippen LogP contribution in [0.4, 0.5) is 4.79 Å². The van der Waals surface area contributed by atoms with Gasteiger partial charge in [-0.1, -0.05) is 19.3 Å². The summed E-state index contributed by atoms with van der Waals surface area (Å²) in [6.45, 7) is 8.79. The highest BCUT2D eigenvalue weighted by Crippen LogP contribution is 2.30. The van der Waals surface area contributed by atoms with Crippen molar-refractivity contribution in [2.75, 3.05) is 13.2 Å². The summed E-state index contributed by atoms with van der Waals surface area (Å²) in [7, 11) is 0. The second-order valence-corrected chi connectivity index (χ2v) is 9.03. The molecule has 2 aliphatic rings. The zero-order chi connectivity index (χ0) is 19.9. The molecule has 0 bridgehead atoms. The molecule has 0 heterocycles. The summed E-state index contributed by atoms with van der Waals surface area (Å²) in [5.41, 5.74) is 2.50. The third kappa shape index (κ3) is 7.68. The molecular weight excluding hydrogens is 344 g/mol. The molecule has 0 aromatic rings. The van der Waals surface area contributed by atoms with E-state index in [2.05, 4.69) is 10.4 Å². The van der Waals surface area contributed by atoms with Crippen molar-refractivity contribution >= 4 is 12.1 Å². The summed E-state index contributed by atoms with van der Waals surface area (Å²) in [6, 6.07) is 0.255. The van der Waals surface area contributed by atoms with Crippen molar-refractivity contribution < 1.29 is 19.1 Å². The average Bonchev–Trinajstić information content (AvgIpc) is 2.61. The van der Waals surface area contributed by atoms with Crippen molar-refractivity contribution in [3.63, 3.8) is 0 Å². The fourth-order valence-electron chi connectivity index (χ4n) is 4.24. The molecule has 0 aliphatic heterocycles. The van der Waals surface area contributed by atoms with E-state index in [1.165, 1.54) is 32.1 Å². The molecule has 156 valence electrons. The second kappa shape index (κ2) is 10.3. The molecule has 2 saturated carbocycles. The van der Waals surface area contributed by atoms with Crippen LogP contribution >= 0.6 is 0 Å². The van der Waals surface area contributed by atoms with Gasteiger partial charge in [0.05, 0.1) is 12.5 Å². The van der Waals surface area contributed by atoms with Gasteiger partial charge in [0.15, 0.2) is 0 Å². The first kappa shape index (κ1) is 22.0. The smallest absolute Gasteiger partial charge is 0.422 e. The van der Waals surface area contributed by atoms with Crippen LogP contribution in [-0.4, -0.2) is 41.9 Å². The van der Waals surface area contributed by atoms with Gasteiger partial charge in [0, 0.05) is 12.6 Å². The Bertz CT molecular complexity index is 475. The van der Waals surface area contributed by atoms with E-state index < -0.39 is 5.60 Å². The predicted molar refractivity (Wildman–Crippen MR) is 105 cm³/mol. The molecule has 0 spiro atoms. The van der Waals surface area contributed by atoms with E-state index in [0.717, 1.165) is 32.2 Å². The summed E-state index contributed by atoms with van der Waals surface area (Å²) in [5, 5.41) is 2.10. The number of rotatable bonds is 6. The Morgan fingerprint density at radius 3 is 2.19 bits per heavy atom. The average molecular weight is 383 g/mol. The summed E-state index contributed by atoms with van der Waals surface area (Å²) < 4.78 is 10.6. The number of carbonyl (C=O) groups excluding carboxylic acids is 2. The third-order valence-corrected chi connectivity index (χ3v) is 5.57. The largest absolute Gasteiger partial charge is 0.466 e. The highest BCUT2D eigenvalue weighted by atomic mass is 16.6. The maximum atomic E-state index is 12.4. The first-order valence-electron chi connectivity index (χ1n) is 10.7. The van der Waals surface area contributed by atoms with Crippen molar-refractivity contribution in [1.82, 2.24) is 10.4 Å². The first-order chi connectivity index (χ1) is 12.8. The van der Waals surface area contributed by atoms with Crippen molar-refractivity contribution in [2.24, 2.45) is 11.8 Å². The molecule has 6 heteroatoms. The number of nitrogens with zero attached hydrogens (tertiary/aromatic N) is 1. The van der Waals surface area contributed by atoms with E-state index in [9.17, 15) is 9.59 Å². The minimum atomic E-state index is -0.512. The number of hydrogen-bond donors (Lipinski definition) is 1. The lowest BCUT2D eigenvalue weighted by Crippen LogP contribution is -2.53. The number of ether oxygens (including phenoxy) is 2. The van der Waals surface area contributed by atoms with Gasteiger partial charge in [-0.3, -0.25) is 10.2 Å². The van der Waals surface area contributed by atoms with Crippen molar-refractivity contribution in [3.8, 4) is 0 Å². The molecule has 0 radical (unpaired) electrons. The van der Waals surface area contributed by atoms with Gasteiger partial charge < -0.3 is 9.47 Å². The molecule has 0 atom stereocenters. The number of carbonyl (C=O) groups is 2. The van der Waals surface area contributed by atoms with Crippen LogP contribution in [0.2, 0.25) is 0 Å². The molecule has 1 amide bonds. The molecule has 0 aromatic heterocycles. The molecule has 2 aliphatic carbocycles. The van der Waals surface area contributed by atoms with Crippen LogP contribution in [0.15, 0.2) is 0 Å². The molecule has 0 aromatic carbocycles. The van der Waals surface area contributed by atoms with E-state index >= 15 is 0 Å². The van der Waals surface area contributed by atoms with E-state index in [4.69, 9.17) is 9.47 Å². The number of hydrogen-bond acceptors (Lipinski definition) is 5. The van der Waals surface area contributed by atoms with Gasteiger partial charge in [0.2, 0.25) is 0 Å². The minimum absolute atomic E-state index is 0.000688. The normalized spacial score (nSPS) is 24.5. The summed E-state index contributed by atoms with van der Waals surface area (Å²) in [4.78, 5) is 24.4. The maximum Gasteiger partial charge on any atom is 0.422 e. The van der Waals surface area contributed by atoms with Crippen LogP contribution < -0.4 is 5.43 Å². The monoisotopic (exact) mass is 382 g/mol. The van der Waals surface area contributed by atoms with E-state index in [0.29, 0.717) is 12.5 Å². The summed E-state index contributed by atoms with van der Waals surface area (Å²) in [6.07, 6.45) is 9.38. The number of nitrogens with one attached hydrogen (secondary N) is 1. The van der Waals surface area contributed by atoms with Crippen LogP contribution in [0.25, 0.3) is 0 Å². The van der Waals surface area contributed by atoms with Crippen molar-refractivity contribution in [3.05, 3.63) is 0 Å². The molecule has 27 heavy (non-hydrogen) atoms. The van der Waals surface area contributed by atoms with Gasteiger partial charge >= 0.3 is 12.1 Å². The number of hydrazine groups is 1. The molecule has 2 rings (SSSR count). The molecule has 6 nitrogen and oxygen atoms in total. The fraction of sp³-hybridized carbons (Fsp3) is 0.905. The maximum absolute atomic E-state index is 12.4. The predicted octanol–water partition coefficient (Wildman–Crippen LogP) is 4.43. The zero-order valence-electron chi connectivity index (χ0n) is 17.6. The molecule has 1 N–H and O–H groups in total. The Morgan fingerprint density at radius 2 is 1.63 bits per heavy atom. The zero-order valence-corrected chi connectivity index (χ0v) is 17.6. The second-order valence-electron chi connectivity index (χ2n) is 9.03. The standard InChI is InChI=1S/C21H38N2O4/c1-5-26-19(24)17-11-13-18(14-12-17)23(15-16-9-7-6-8-10-16)22-20(25)27-21(2,3)4/h16-18H,5-15H2,1-4H3,(H,22,25). The van der Waals surface area contributed by atoms with Gasteiger partial charge in [-0.15, -0.1) is 0 Å². The lowest BCUT2D eigenvalue weighted by molar-refractivity contribution is -0.149. The van der Waals surface area contributed by atoms with Gasteiger partial charge in [-0.05, 0) is 72.1 Å². The van der Waals surface area contributed by atoms with E-state index in [1.54, 1.807) is 0 Å². The van der Waals surface area contributed by atoms with E-state index in [1.807, 2.05) is 27.7 Å². The van der Waals surface area contributed by atoms with Crippen LogP contribution in [0, 0.1) is 11.8 Å². The molecular formula is C21H38N2O4. The van der Waals surface area contributed by atoms with Crippen molar-refractivity contribution in [2.45, 2.75) is 97.1 Å². The Hall–Kier alpha value is -1.30. The third-order valence-electron chi connectivity index (χ3n) is 5.57. The summed E-state index contributed by atoms with van der Waals surface area (Å²) in [5.74, 6) is 0.547. The van der Waals surface area contributed by atoms with Crippen LogP contribution in [0.3, 0.4) is 0 Å². The van der Waals surface area contributed by atoms with Gasteiger partial charge in [-0.25, -0.2) is 9.80 Å². The minimum Gasteiger partial charge on any atom is -0.466 e. The number of amides is 1. The molecule has 0 unspecified atom stereocenters. The molecule has 0 saturated heterocycles. The fourth-order valence-corrected chi connectivity index (χ4v) is 4.24.